The van der Waals surface area contributed by atoms with Crippen molar-refractivity contribution in [2.24, 2.45) is 0 Å². The Morgan fingerprint density at radius 2 is 2.47 bits per heavy atom. The molecule has 2 aliphatic heterocycles. The monoisotopic (exact) mass is 265 g/mol. The van der Waals surface area contributed by atoms with E-state index >= 15 is 0 Å². The molecule has 2 atom stereocenters. The first-order valence-corrected chi connectivity index (χ1v) is 7.20. The van der Waals surface area contributed by atoms with Crippen LogP contribution in [0.15, 0.2) is 12.4 Å². The lowest BCUT2D eigenvalue weighted by atomic mass is 9.90. The molecule has 1 aromatic rings. The molecular formula is C14H23N3O2. The minimum Gasteiger partial charge on any atom is -0.378 e. The standard InChI is InChI=1S/C14H23N3O2/c1-12-9-16-17(10-12)5-4-15-13-2-6-19-14(8-13)3-7-18-11-14/h9-10,13,15H,2-8,11H2,1H3. The van der Waals surface area contributed by atoms with Gasteiger partial charge in [0.25, 0.3) is 0 Å². The van der Waals surface area contributed by atoms with Gasteiger partial charge < -0.3 is 14.8 Å². The number of nitrogens with one attached hydrogen (secondary N) is 1. The molecule has 106 valence electrons. The molecule has 3 heterocycles. The Balaban J connectivity index is 1.45. The van der Waals surface area contributed by atoms with Crippen LogP contribution >= 0.6 is 0 Å². The van der Waals surface area contributed by atoms with E-state index in [0.717, 1.165) is 52.2 Å². The molecule has 5 nitrogen and oxygen atoms in total. The molecule has 2 unspecified atom stereocenters. The van der Waals surface area contributed by atoms with E-state index < -0.39 is 0 Å². The highest BCUT2D eigenvalue weighted by Gasteiger charge is 2.40. The van der Waals surface area contributed by atoms with Gasteiger partial charge in [-0.2, -0.15) is 5.10 Å². The summed E-state index contributed by atoms with van der Waals surface area (Å²) in [4.78, 5) is 0. The maximum Gasteiger partial charge on any atom is 0.0951 e. The number of aromatic nitrogens is 2. The van der Waals surface area contributed by atoms with Gasteiger partial charge in [0.05, 0.1) is 24.9 Å². The van der Waals surface area contributed by atoms with E-state index in [1.165, 1.54) is 5.56 Å². The van der Waals surface area contributed by atoms with Gasteiger partial charge in [-0.25, -0.2) is 0 Å². The lowest BCUT2D eigenvalue weighted by Crippen LogP contribution is -2.48. The number of hydrogen-bond acceptors (Lipinski definition) is 4. The highest BCUT2D eigenvalue weighted by molar-refractivity contribution is 4.99. The SMILES string of the molecule is Cc1cnn(CCNC2CCOC3(CCOC3)C2)c1. The minimum absolute atomic E-state index is 0.00178. The van der Waals surface area contributed by atoms with E-state index in [9.17, 15) is 0 Å². The van der Waals surface area contributed by atoms with Gasteiger partial charge >= 0.3 is 0 Å². The van der Waals surface area contributed by atoms with Crippen LogP contribution in [0.5, 0.6) is 0 Å². The van der Waals surface area contributed by atoms with Gasteiger partial charge in [0.15, 0.2) is 0 Å². The van der Waals surface area contributed by atoms with E-state index in [4.69, 9.17) is 9.47 Å². The zero-order valence-electron chi connectivity index (χ0n) is 11.6. The molecule has 1 N–H and O–H groups in total. The van der Waals surface area contributed by atoms with Gasteiger partial charge in [0, 0.05) is 38.4 Å². The second-order valence-corrected chi connectivity index (χ2v) is 5.76. The molecule has 1 aromatic heterocycles. The second kappa shape index (κ2) is 5.61. The van der Waals surface area contributed by atoms with Crippen molar-refractivity contribution in [3.8, 4) is 0 Å². The summed E-state index contributed by atoms with van der Waals surface area (Å²) < 4.78 is 13.4. The van der Waals surface area contributed by atoms with Crippen molar-refractivity contribution in [3.63, 3.8) is 0 Å². The fourth-order valence-electron chi connectivity index (χ4n) is 3.04. The van der Waals surface area contributed by atoms with Crippen molar-refractivity contribution in [2.45, 2.75) is 44.4 Å². The zero-order chi connectivity index (χ0) is 13.1. The molecular weight excluding hydrogens is 242 g/mol. The molecule has 19 heavy (non-hydrogen) atoms. The van der Waals surface area contributed by atoms with Gasteiger partial charge in [-0.1, -0.05) is 0 Å². The van der Waals surface area contributed by atoms with Crippen LogP contribution in [0.25, 0.3) is 0 Å². The summed E-state index contributed by atoms with van der Waals surface area (Å²) in [6, 6.07) is 0.548. The summed E-state index contributed by atoms with van der Waals surface area (Å²) in [5.74, 6) is 0. The van der Waals surface area contributed by atoms with Crippen LogP contribution in [-0.2, 0) is 16.0 Å². The van der Waals surface area contributed by atoms with E-state index in [-0.39, 0.29) is 5.60 Å². The summed E-state index contributed by atoms with van der Waals surface area (Å²) in [5, 5.41) is 7.94. The Morgan fingerprint density at radius 1 is 1.53 bits per heavy atom. The molecule has 5 heteroatoms. The van der Waals surface area contributed by atoms with Crippen LogP contribution in [0.1, 0.15) is 24.8 Å². The van der Waals surface area contributed by atoms with Crippen LogP contribution in [-0.4, -0.2) is 47.8 Å². The van der Waals surface area contributed by atoms with Crippen LogP contribution in [0.3, 0.4) is 0 Å². The maximum atomic E-state index is 5.94. The summed E-state index contributed by atoms with van der Waals surface area (Å²) in [5.41, 5.74) is 1.21. The first-order valence-electron chi connectivity index (χ1n) is 7.20. The Kier molecular flexibility index (Phi) is 3.86. The zero-order valence-corrected chi connectivity index (χ0v) is 11.6. The average molecular weight is 265 g/mol. The number of rotatable bonds is 4. The Hall–Kier alpha value is -0.910. The molecule has 3 rings (SSSR count). The molecule has 0 saturated carbocycles. The molecule has 0 bridgehead atoms. The van der Waals surface area contributed by atoms with Gasteiger partial charge in [-0.3, -0.25) is 4.68 Å². The van der Waals surface area contributed by atoms with Crippen molar-refractivity contribution in [1.29, 1.82) is 0 Å². The molecule has 1 spiro atoms. The highest BCUT2D eigenvalue weighted by Crippen LogP contribution is 2.32. The first-order chi connectivity index (χ1) is 9.26. The Morgan fingerprint density at radius 3 is 3.21 bits per heavy atom. The molecule has 0 radical (unpaired) electrons. The van der Waals surface area contributed by atoms with Crippen LogP contribution in [0, 0.1) is 6.92 Å². The topological polar surface area (TPSA) is 48.3 Å². The van der Waals surface area contributed by atoms with E-state index in [1.54, 1.807) is 0 Å². The predicted octanol–water partition coefficient (Wildman–Crippen LogP) is 1.12. The number of aryl methyl sites for hydroxylation is 1. The van der Waals surface area contributed by atoms with Gasteiger partial charge in [-0.15, -0.1) is 0 Å². The molecule has 0 aromatic carbocycles. The van der Waals surface area contributed by atoms with Crippen molar-refractivity contribution < 1.29 is 9.47 Å². The average Bonchev–Trinajstić information content (AvgIpc) is 3.00. The molecule has 0 amide bonds. The molecule has 2 saturated heterocycles. The van der Waals surface area contributed by atoms with Crippen LogP contribution < -0.4 is 5.32 Å². The third-order valence-electron chi connectivity index (χ3n) is 4.10. The third-order valence-corrected chi connectivity index (χ3v) is 4.10. The number of hydrogen-bond donors (Lipinski definition) is 1. The van der Waals surface area contributed by atoms with Crippen molar-refractivity contribution in [3.05, 3.63) is 18.0 Å². The largest absolute Gasteiger partial charge is 0.378 e. The van der Waals surface area contributed by atoms with Crippen molar-refractivity contribution in [2.75, 3.05) is 26.4 Å². The fraction of sp³-hybridized carbons (Fsp3) is 0.786. The fourth-order valence-corrected chi connectivity index (χ4v) is 3.04. The van der Waals surface area contributed by atoms with E-state index in [0.29, 0.717) is 6.04 Å². The summed E-state index contributed by atoms with van der Waals surface area (Å²) in [6.45, 7) is 6.42. The van der Waals surface area contributed by atoms with Crippen molar-refractivity contribution in [1.82, 2.24) is 15.1 Å². The molecule has 2 aliphatic rings. The normalized spacial score (nSPS) is 31.1. The quantitative estimate of drug-likeness (QED) is 0.886. The number of ether oxygens (including phenoxy) is 2. The predicted molar refractivity (Wildman–Crippen MR) is 72.1 cm³/mol. The number of nitrogens with zero attached hydrogens (tertiary/aromatic N) is 2. The third kappa shape index (κ3) is 3.16. The summed E-state index contributed by atoms with van der Waals surface area (Å²) >= 11 is 0. The molecule has 2 fully saturated rings. The Bertz CT molecular complexity index is 413. The van der Waals surface area contributed by atoms with Gasteiger partial charge in [0.2, 0.25) is 0 Å². The van der Waals surface area contributed by atoms with E-state index in [1.807, 2.05) is 10.9 Å². The highest BCUT2D eigenvalue weighted by atomic mass is 16.6. The second-order valence-electron chi connectivity index (χ2n) is 5.76. The summed E-state index contributed by atoms with van der Waals surface area (Å²) in [7, 11) is 0. The van der Waals surface area contributed by atoms with Gasteiger partial charge in [0.1, 0.15) is 0 Å². The lowest BCUT2D eigenvalue weighted by molar-refractivity contribution is -0.0892. The Labute approximate surface area is 114 Å². The smallest absolute Gasteiger partial charge is 0.0951 e. The molecule has 0 aliphatic carbocycles. The minimum atomic E-state index is -0.00178. The lowest BCUT2D eigenvalue weighted by Gasteiger charge is -2.37. The maximum absolute atomic E-state index is 5.94. The summed E-state index contributed by atoms with van der Waals surface area (Å²) in [6.07, 6.45) is 7.20. The first kappa shape index (κ1) is 13.1. The van der Waals surface area contributed by atoms with Gasteiger partial charge in [-0.05, 0) is 25.3 Å². The van der Waals surface area contributed by atoms with E-state index in [2.05, 4.69) is 23.5 Å². The van der Waals surface area contributed by atoms with Crippen LogP contribution in [0.2, 0.25) is 0 Å². The van der Waals surface area contributed by atoms with Crippen LogP contribution in [0.4, 0.5) is 0 Å². The van der Waals surface area contributed by atoms with Crippen molar-refractivity contribution >= 4 is 0 Å².